The van der Waals surface area contributed by atoms with E-state index in [4.69, 9.17) is 4.42 Å². The van der Waals surface area contributed by atoms with Gasteiger partial charge in [-0.15, -0.1) is 0 Å². The van der Waals surface area contributed by atoms with E-state index in [1.807, 2.05) is 47.4 Å². The quantitative estimate of drug-likeness (QED) is 0.710. The van der Waals surface area contributed by atoms with E-state index in [1.54, 1.807) is 6.26 Å². The fraction of sp³-hybridized carbons (Fsp3) is 0.556. The van der Waals surface area contributed by atoms with Crippen molar-refractivity contribution in [2.75, 3.05) is 19.6 Å². The zero-order chi connectivity index (χ0) is 22.6. The van der Waals surface area contributed by atoms with Gasteiger partial charge < -0.3 is 14.6 Å². The lowest BCUT2D eigenvalue weighted by atomic mass is 9.84. The van der Waals surface area contributed by atoms with Crippen LogP contribution in [0.3, 0.4) is 0 Å². The normalized spacial score (nSPS) is 26.5. The zero-order valence-electron chi connectivity index (χ0n) is 19.3. The molecule has 1 saturated carbocycles. The van der Waals surface area contributed by atoms with Crippen molar-refractivity contribution in [3.63, 3.8) is 0 Å². The SMILES string of the molecule is O=C(NCC(c1ccco1)N1CCCCC1)C1CC2CCCCC2N1C(=O)c1ccccc1. The van der Waals surface area contributed by atoms with Gasteiger partial charge in [-0.3, -0.25) is 14.5 Å². The van der Waals surface area contributed by atoms with Gasteiger partial charge in [0.1, 0.15) is 11.8 Å². The maximum Gasteiger partial charge on any atom is 0.254 e. The number of nitrogens with zero attached hydrogens (tertiary/aromatic N) is 2. The number of carbonyl (C=O) groups excluding carboxylic acids is 2. The minimum Gasteiger partial charge on any atom is -0.468 e. The summed E-state index contributed by atoms with van der Waals surface area (Å²) in [4.78, 5) is 31.4. The second-order valence-electron chi connectivity index (χ2n) is 9.81. The highest BCUT2D eigenvalue weighted by molar-refractivity contribution is 5.98. The van der Waals surface area contributed by atoms with Crippen LogP contribution in [0.1, 0.15) is 73.5 Å². The number of rotatable bonds is 6. The lowest BCUT2D eigenvalue weighted by Gasteiger charge is -2.35. The first-order valence-electron chi connectivity index (χ1n) is 12.7. The summed E-state index contributed by atoms with van der Waals surface area (Å²) in [6.07, 6.45) is 10.5. The van der Waals surface area contributed by atoms with Crippen LogP contribution in [-0.2, 0) is 4.79 Å². The van der Waals surface area contributed by atoms with Crippen molar-refractivity contribution in [1.82, 2.24) is 15.1 Å². The van der Waals surface area contributed by atoms with Gasteiger partial charge >= 0.3 is 0 Å². The predicted octanol–water partition coefficient (Wildman–Crippen LogP) is 4.40. The highest BCUT2D eigenvalue weighted by Crippen LogP contribution is 2.40. The molecule has 6 heteroatoms. The number of furan rings is 1. The van der Waals surface area contributed by atoms with Crippen molar-refractivity contribution >= 4 is 11.8 Å². The third-order valence-electron chi connectivity index (χ3n) is 7.82. The summed E-state index contributed by atoms with van der Waals surface area (Å²) in [6, 6.07) is 13.1. The van der Waals surface area contributed by atoms with Gasteiger partial charge in [0.25, 0.3) is 5.91 Å². The van der Waals surface area contributed by atoms with Crippen LogP contribution in [-0.4, -0.2) is 53.3 Å². The molecular formula is C27H35N3O3. The molecule has 3 heterocycles. The molecule has 0 radical (unpaired) electrons. The molecule has 2 aromatic rings. The fourth-order valence-corrected chi connectivity index (χ4v) is 6.15. The lowest BCUT2D eigenvalue weighted by molar-refractivity contribution is -0.125. The molecule has 176 valence electrons. The third kappa shape index (κ3) is 4.72. The topological polar surface area (TPSA) is 65.8 Å². The molecule has 6 nitrogen and oxygen atoms in total. The average molecular weight is 450 g/mol. The Bertz CT molecular complexity index is 923. The Kier molecular flexibility index (Phi) is 6.81. The molecule has 5 rings (SSSR count). The van der Waals surface area contributed by atoms with Gasteiger partial charge in [-0.1, -0.05) is 37.5 Å². The Morgan fingerprint density at radius 3 is 2.52 bits per heavy atom. The Morgan fingerprint density at radius 2 is 1.76 bits per heavy atom. The summed E-state index contributed by atoms with van der Waals surface area (Å²) in [5.41, 5.74) is 0.670. The van der Waals surface area contributed by atoms with Crippen LogP contribution in [0.4, 0.5) is 0 Å². The van der Waals surface area contributed by atoms with E-state index in [9.17, 15) is 9.59 Å². The summed E-state index contributed by atoms with van der Waals surface area (Å²) in [5, 5.41) is 3.22. The van der Waals surface area contributed by atoms with Crippen LogP contribution in [0.25, 0.3) is 0 Å². The van der Waals surface area contributed by atoms with Crippen molar-refractivity contribution in [1.29, 1.82) is 0 Å². The van der Waals surface area contributed by atoms with E-state index < -0.39 is 6.04 Å². The maximum absolute atomic E-state index is 13.5. The lowest BCUT2D eigenvalue weighted by Crippen LogP contribution is -2.51. The van der Waals surface area contributed by atoms with E-state index >= 15 is 0 Å². The number of piperidine rings is 1. The first-order chi connectivity index (χ1) is 16.2. The van der Waals surface area contributed by atoms with Gasteiger partial charge in [-0.2, -0.15) is 0 Å². The predicted molar refractivity (Wildman–Crippen MR) is 127 cm³/mol. The molecule has 4 unspecified atom stereocenters. The smallest absolute Gasteiger partial charge is 0.254 e. The van der Waals surface area contributed by atoms with E-state index in [0.717, 1.165) is 44.5 Å². The minimum absolute atomic E-state index is 0.0104. The molecule has 1 N–H and O–H groups in total. The molecule has 33 heavy (non-hydrogen) atoms. The zero-order valence-corrected chi connectivity index (χ0v) is 19.3. The van der Waals surface area contributed by atoms with Crippen LogP contribution in [0.5, 0.6) is 0 Å². The van der Waals surface area contributed by atoms with Gasteiger partial charge in [0, 0.05) is 18.2 Å². The van der Waals surface area contributed by atoms with Gasteiger partial charge in [0.2, 0.25) is 5.91 Å². The summed E-state index contributed by atoms with van der Waals surface area (Å²) >= 11 is 0. The van der Waals surface area contributed by atoms with E-state index in [1.165, 1.54) is 25.7 Å². The Hall–Kier alpha value is -2.60. The molecule has 2 amide bonds. The van der Waals surface area contributed by atoms with E-state index in [0.29, 0.717) is 18.0 Å². The number of fused-ring (bicyclic) bond motifs is 1. The molecule has 1 aromatic heterocycles. The monoisotopic (exact) mass is 449 g/mol. The van der Waals surface area contributed by atoms with Gasteiger partial charge in [0.05, 0.1) is 12.3 Å². The van der Waals surface area contributed by atoms with Gasteiger partial charge in [-0.25, -0.2) is 0 Å². The fourth-order valence-electron chi connectivity index (χ4n) is 6.15. The van der Waals surface area contributed by atoms with Crippen LogP contribution in [0.15, 0.2) is 53.1 Å². The molecule has 2 aliphatic heterocycles. The summed E-state index contributed by atoms with van der Waals surface area (Å²) in [6.45, 7) is 2.55. The number of likely N-dealkylation sites (tertiary alicyclic amines) is 2. The van der Waals surface area contributed by atoms with Crippen LogP contribution in [0.2, 0.25) is 0 Å². The molecule has 0 spiro atoms. The Morgan fingerprint density at radius 1 is 0.970 bits per heavy atom. The first kappa shape index (κ1) is 22.2. The second kappa shape index (κ2) is 10.1. The summed E-state index contributed by atoms with van der Waals surface area (Å²) in [7, 11) is 0. The van der Waals surface area contributed by atoms with E-state index in [-0.39, 0.29) is 23.9 Å². The number of hydrogen-bond donors (Lipinski definition) is 1. The second-order valence-corrected chi connectivity index (χ2v) is 9.81. The average Bonchev–Trinajstić information content (AvgIpc) is 3.53. The molecule has 3 aliphatic rings. The van der Waals surface area contributed by atoms with Crippen molar-refractivity contribution in [2.24, 2.45) is 5.92 Å². The number of nitrogens with one attached hydrogen (secondary N) is 1. The maximum atomic E-state index is 13.5. The van der Waals surface area contributed by atoms with Crippen LogP contribution < -0.4 is 5.32 Å². The standard InChI is InChI=1S/C27H35N3O3/c31-26(28-19-24(25-14-9-17-33-25)29-15-7-2-8-16-29)23-18-21-12-5-6-13-22(21)30(23)27(32)20-10-3-1-4-11-20/h1,3-4,9-11,14,17,21-24H,2,5-8,12-13,15-16,18-19H2,(H,28,31). The highest BCUT2D eigenvalue weighted by atomic mass is 16.3. The largest absolute Gasteiger partial charge is 0.468 e. The highest BCUT2D eigenvalue weighted by Gasteiger charge is 2.47. The number of benzene rings is 1. The molecule has 2 saturated heterocycles. The van der Waals surface area contributed by atoms with Crippen molar-refractivity contribution < 1.29 is 14.0 Å². The van der Waals surface area contributed by atoms with Gasteiger partial charge in [-0.05, 0) is 75.4 Å². The number of amides is 2. The number of hydrogen-bond acceptors (Lipinski definition) is 4. The molecule has 4 atom stereocenters. The van der Waals surface area contributed by atoms with Crippen molar-refractivity contribution in [2.45, 2.75) is 69.5 Å². The number of carbonyl (C=O) groups is 2. The summed E-state index contributed by atoms with van der Waals surface area (Å²) < 4.78 is 5.74. The van der Waals surface area contributed by atoms with Crippen molar-refractivity contribution in [3.8, 4) is 0 Å². The summed E-state index contributed by atoms with van der Waals surface area (Å²) in [5.74, 6) is 1.28. The van der Waals surface area contributed by atoms with E-state index in [2.05, 4.69) is 10.2 Å². The van der Waals surface area contributed by atoms with Crippen LogP contribution in [0, 0.1) is 5.92 Å². The molecular weight excluding hydrogens is 414 g/mol. The first-order valence-corrected chi connectivity index (χ1v) is 12.7. The minimum atomic E-state index is -0.399. The Balaban J connectivity index is 1.32. The van der Waals surface area contributed by atoms with Crippen LogP contribution >= 0.6 is 0 Å². The molecule has 3 fully saturated rings. The molecule has 0 bridgehead atoms. The third-order valence-corrected chi connectivity index (χ3v) is 7.82. The Labute approximate surface area is 196 Å². The van der Waals surface area contributed by atoms with Gasteiger partial charge in [0.15, 0.2) is 0 Å². The molecule has 1 aromatic carbocycles. The van der Waals surface area contributed by atoms with Crippen molar-refractivity contribution in [3.05, 3.63) is 60.1 Å². The molecule has 1 aliphatic carbocycles.